The molecule has 0 aromatic carbocycles. The minimum absolute atomic E-state index is 0.107. The van der Waals surface area contributed by atoms with E-state index in [1.807, 2.05) is 36.4 Å². The van der Waals surface area contributed by atoms with Crippen molar-refractivity contribution in [3.63, 3.8) is 0 Å². The summed E-state index contributed by atoms with van der Waals surface area (Å²) < 4.78 is 7.08. The Morgan fingerprint density at radius 1 is 1.53 bits per heavy atom. The molecule has 6 nitrogen and oxygen atoms in total. The van der Waals surface area contributed by atoms with Gasteiger partial charge in [0.05, 0.1) is 9.90 Å². The zero-order valence-electron chi connectivity index (χ0n) is 9.42. The van der Waals surface area contributed by atoms with E-state index in [2.05, 4.69) is 15.1 Å². The molecule has 0 amide bonds. The van der Waals surface area contributed by atoms with Crippen molar-refractivity contribution >= 4 is 22.6 Å². The fraction of sp³-hybridized carbons (Fsp3) is 0.400. The highest BCUT2D eigenvalue weighted by molar-refractivity contribution is 14.1. The van der Waals surface area contributed by atoms with Crippen LogP contribution in [0.1, 0.15) is 31.5 Å². The van der Waals surface area contributed by atoms with E-state index in [9.17, 15) is 4.79 Å². The summed E-state index contributed by atoms with van der Waals surface area (Å²) in [5.74, 6) is 1.27. The number of hydrogen-bond donors (Lipinski definition) is 0. The molecule has 90 valence electrons. The predicted octanol–water partition coefficient (Wildman–Crippen LogP) is 1.40. The van der Waals surface area contributed by atoms with Gasteiger partial charge in [0.2, 0.25) is 5.89 Å². The first-order chi connectivity index (χ1) is 8.08. The van der Waals surface area contributed by atoms with Gasteiger partial charge in [-0.15, -0.1) is 0 Å². The summed E-state index contributed by atoms with van der Waals surface area (Å²) in [6.45, 7) is 4.21. The highest BCUT2D eigenvalue weighted by Gasteiger charge is 2.11. The highest BCUT2D eigenvalue weighted by Crippen LogP contribution is 2.09. The lowest BCUT2D eigenvalue weighted by Crippen LogP contribution is -2.23. The van der Waals surface area contributed by atoms with Gasteiger partial charge in [-0.3, -0.25) is 9.36 Å². The zero-order chi connectivity index (χ0) is 12.4. The van der Waals surface area contributed by atoms with Crippen LogP contribution in [0.25, 0.3) is 0 Å². The molecule has 17 heavy (non-hydrogen) atoms. The maximum atomic E-state index is 11.7. The molecule has 0 N–H and O–H groups in total. The first-order valence-electron chi connectivity index (χ1n) is 5.10. The van der Waals surface area contributed by atoms with Crippen molar-refractivity contribution in [2.45, 2.75) is 26.3 Å². The molecule has 2 aromatic rings. The maximum absolute atomic E-state index is 11.7. The van der Waals surface area contributed by atoms with Crippen molar-refractivity contribution in [1.29, 1.82) is 0 Å². The minimum Gasteiger partial charge on any atom is -0.337 e. The van der Waals surface area contributed by atoms with Crippen molar-refractivity contribution < 1.29 is 4.52 Å². The SMILES string of the molecule is CC(C)c1noc(Cn2cncc(I)c2=O)n1. The number of aromatic nitrogens is 4. The van der Waals surface area contributed by atoms with E-state index >= 15 is 0 Å². The summed E-state index contributed by atoms with van der Waals surface area (Å²) in [7, 11) is 0. The van der Waals surface area contributed by atoms with Crippen LogP contribution in [0.5, 0.6) is 0 Å². The van der Waals surface area contributed by atoms with Crippen molar-refractivity contribution in [2.75, 3.05) is 0 Å². The first kappa shape index (κ1) is 12.2. The summed E-state index contributed by atoms with van der Waals surface area (Å²) in [6.07, 6.45) is 2.98. The van der Waals surface area contributed by atoms with Crippen LogP contribution >= 0.6 is 22.6 Å². The largest absolute Gasteiger partial charge is 0.337 e. The molecule has 0 spiro atoms. The Labute approximate surface area is 111 Å². The number of halogens is 1. The first-order valence-corrected chi connectivity index (χ1v) is 6.18. The molecule has 0 atom stereocenters. The van der Waals surface area contributed by atoms with Gasteiger partial charge in [-0.25, -0.2) is 4.98 Å². The Kier molecular flexibility index (Phi) is 3.55. The molecular weight excluding hydrogens is 335 g/mol. The van der Waals surface area contributed by atoms with Crippen LogP contribution < -0.4 is 5.56 Å². The topological polar surface area (TPSA) is 73.8 Å². The Bertz CT molecular complexity index is 576. The molecule has 2 heterocycles. The molecular formula is C10H11IN4O2. The summed E-state index contributed by atoms with van der Waals surface area (Å²) in [4.78, 5) is 19.9. The monoisotopic (exact) mass is 346 g/mol. The van der Waals surface area contributed by atoms with Crippen molar-refractivity contribution in [2.24, 2.45) is 0 Å². The molecule has 0 aliphatic rings. The molecule has 2 aromatic heterocycles. The fourth-order valence-corrected chi connectivity index (χ4v) is 1.72. The van der Waals surface area contributed by atoms with E-state index in [1.54, 1.807) is 0 Å². The second kappa shape index (κ2) is 4.94. The van der Waals surface area contributed by atoms with Crippen LogP contribution in [0.15, 0.2) is 21.8 Å². The summed E-state index contributed by atoms with van der Waals surface area (Å²) >= 11 is 1.95. The van der Waals surface area contributed by atoms with Crippen LogP contribution in [-0.4, -0.2) is 19.7 Å². The molecule has 0 bridgehead atoms. The molecule has 0 saturated heterocycles. The maximum Gasteiger partial charge on any atom is 0.267 e. The van der Waals surface area contributed by atoms with Crippen LogP contribution in [0.3, 0.4) is 0 Å². The van der Waals surface area contributed by atoms with Gasteiger partial charge in [-0.05, 0) is 22.6 Å². The Morgan fingerprint density at radius 3 is 2.94 bits per heavy atom. The molecule has 0 aliphatic carbocycles. The lowest BCUT2D eigenvalue weighted by atomic mass is 10.2. The Morgan fingerprint density at radius 2 is 2.29 bits per heavy atom. The van der Waals surface area contributed by atoms with Crippen molar-refractivity contribution in [3.05, 3.63) is 38.2 Å². The third kappa shape index (κ3) is 2.71. The summed E-state index contributed by atoms with van der Waals surface area (Å²) in [6, 6.07) is 0. The molecule has 2 rings (SSSR count). The average molecular weight is 346 g/mol. The lowest BCUT2D eigenvalue weighted by molar-refractivity contribution is 0.362. The van der Waals surface area contributed by atoms with Gasteiger partial charge in [0.15, 0.2) is 5.82 Å². The standard InChI is InChI=1S/C10H11IN4O2/c1-6(2)9-13-8(17-14-9)4-15-5-12-3-7(11)10(15)16/h3,5-6H,4H2,1-2H3. The molecule has 0 radical (unpaired) electrons. The fourth-order valence-electron chi connectivity index (χ4n) is 1.25. The van der Waals surface area contributed by atoms with E-state index in [1.165, 1.54) is 17.1 Å². The normalized spacial score (nSPS) is 11.1. The van der Waals surface area contributed by atoms with Crippen molar-refractivity contribution in [3.8, 4) is 0 Å². The van der Waals surface area contributed by atoms with Gasteiger partial charge in [-0.2, -0.15) is 4.98 Å². The Balaban J connectivity index is 2.26. The molecule has 0 aliphatic heterocycles. The van der Waals surface area contributed by atoms with E-state index in [0.29, 0.717) is 15.3 Å². The number of nitrogens with zero attached hydrogens (tertiary/aromatic N) is 4. The smallest absolute Gasteiger partial charge is 0.267 e. The van der Waals surface area contributed by atoms with E-state index < -0.39 is 0 Å². The third-order valence-corrected chi connectivity index (χ3v) is 2.90. The second-order valence-electron chi connectivity index (χ2n) is 3.88. The highest BCUT2D eigenvalue weighted by atomic mass is 127. The van der Waals surface area contributed by atoms with Gasteiger partial charge in [-0.1, -0.05) is 19.0 Å². The van der Waals surface area contributed by atoms with E-state index in [4.69, 9.17) is 4.52 Å². The molecule has 0 unspecified atom stereocenters. The van der Waals surface area contributed by atoms with E-state index in [0.717, 1.165) is 0 Å². The summed E-state index contributed by atoms with van der Waals surface area (Å²) in [5.41, 5.74) is -0.107. The molecule has 0 fully saturated rings. The van der Waals surface area contributed by atoms with Crippen LogP contribution in [-0.2, 0) is 6.54 Å². The van der Waals surface area contributed by atoms with Gasteiger partial charge < -0.3 is 4.52 Å². The summed E-state index contributed by atoms with van der Waals surface area (Å²) in [5, 5.41) is 3.84. The van der Waals surface area contributed by atoms with Gasteiger partial charge >= 0.3 is 0 Å². The zero-order valence-corrected chi connectivity index (χ0v) is 11.6. The Hall–Kier alpha value is -1.25. The predicted molar refractivity (Wildman–Crippen MR) is 68.7 cm³/mol. The van der Waals surface area contributed by atoms with Crippen molar-refractivity contribution in [1.82, 2.24) is 19.7 Å². The average Bonchev–Trinajstić information content (AvgIpc) is 2.73. The molecule has 7 heteroatoms. The van der Waals surface area contributed by atoms with Gasteiger partial charge in [0.25, 0.3) is 5.56 Å². The van der Waals surface area contributed by atoms with Gasteiger partial charge in [0, 0.05) is 12.1 Å². The van der Waals surface area contributed by atoms with Gasteiger partial charge in [0.1, 0.15) is 6.54 Å². The molecule has 0 saturated carbocycles. The van der Waals surface area contributed by atoms with Crippen LogP contribution in [0, 0.1) is 3.57 Å². The number of rotatable bonds is 3. The van der Waals surface area contributed by atoms with Crippen LogP contribution in [0.2, 0.25) is 0 Å². The minimum atomic E-state index is -0.107. The lowest BCUT2D eigenvalue weighted by Gasteiger charge is -2.00. The van der Waals surface area contributed by atoms with Crippen LogP contribution in [0.4, 0.5) is 0 Å². The second-order valence-corrected chi connectivity index (χ2v) is 5.04. The number of hydrogen-bond acceptors (Lipinski definition) is 5. The quantitative estimate of drug-likeness (QED) is 0.786. The third-order valence-electron chi connectivity index (χ3n) is 2.16. The van der Waals surface area contributed by atoms with E-state index in [-0.39, 0.29) is 18.0 Å².